The van der Waals surface area contributed by atoms with Crippen LogP contribution < -0.4 is 5.43 Å². The van der Waals surface area contributed by atoms with Gasteiger partial charge in [0.1, 0.15) is 17.2 Å². The average molecular weight is 454 g/mol. The van der Waals surface area contributed by atoms with Crippen LogP contribution in [0.4, 0.5) is 24.5 Å². The third kappa shape index (κ3) is 4.58. The molecule has 0 bridgehead atoms. The molecule has 1 heterocycles. The molecule has 0 saturated carbocycles. The summed E-state index contributed by atoms with van der Waals surface area (Å²) in [6.07, 6.45) is -3.41. The number of hydrogen-bond donors (Lipinski definition) is 1. The average Bonchev–Trinajstić information content (AvgIpc) is 3.10. The minimum absolute atomic E-state index is 0.172. The van der Waals surface area contributed by atoms with Crippen molar-refractivity contribution in [2.75, 3.05) is 5.43 Å². The molecule has 0 aliphatic carbocycles. The molecule has 0 radical (unpaired) electrons. The highest BCUT2D eigenvalue weighted by molar-refractivity contribution is 9.10. The second-order valence-electron chi connectivity index (χ2n) is 5.57. The number of halogens is 4. The van der Waals surface area contributed by atoms with Gasteiger partial charge in [0.2, 0.25) is 0 Å². The van der Waals surface area contributed by atoms with Gasteiger partial charge in [-0.15, -0.1) is 0 Å². The molecule has 6 nitrogen and oxygen atoms in total. The maximum Gasteiger partial charge on any atom is 0.416 e. The molecule has 0 aliphatic rings. The highest BCUT2D eigenvalue weighted by atomic mass is 79.9. The molecule has 28 heavy (non-hydrogen) atoms. The van der Waals surface area contributed by atoms with Crippen LogP contribution in [0.3, 0.4) is 0 Å². The fraction of sp³-hybridized carbons (Fsp3) is 0.0556. The van der Waals surface area contributed by atoms with Gasteiger partial charge in [0.05, 0.1) is 16.7 Å². The number of anilines is 1. The van der Waals surface area contributed by atoms with Crippen LogP contribution >= 0.6 is 15.9 Å². The highest BCUT2D eigenvalue weighted by Crippen LogP contribution is 2.35. The summed E-state index contributed by atoms with van der Waals surface area (Å²) in [5, 5.41) is 14.8. The molecule has 3 rings (SSSR count). The topological polar surface area (TPSA) is 80.7 Å². The zero-order chi connectivity index (χ0) is 20.3. The van der Waals surface area contributed by atoms with E-state index in [-0.39, 0.29) is 5.69 Å². The summed E-state index contributed by atoms with van der Waals surface area (Å²) in [7, 11) is 0. The standard InChI is InChI=1S/C18H11BrF3N3O3/c19-13-4-1-11(2-5-13)17-8-6-14(28-17)10-23-24-15-7-3-12(18(20,21)22)9-16(15)25(26)27/h1-10,24H/b23-10+. The van der Waals surface area contributed by atoms with Gasteiger partial charge in [-0.2, -0.15) is 18.3 Å². The van der Waals surface area contributed by atoms with E-state index in [1.165, 1.54) is 6.21 Å². The van der Waals surface area contributed by atoms with Crippen molar-refractivity contribution < 1.29 is 22.5 Å². The lowest BCUT2D eigenvalue weighted by molar-refractivity contribution is -0.384. The van der Waals surface area contributed by atoms with Gasteiger partial charge in [-0.25, -0.2) is 0 Å². The molecular formula is C18H11BrF3N3O3. The van der Waals surface area contributed by atoms with Crippen molar-refractivity contribution >= 4 is 33.5 Å². The first-order valence-corrected chi connectivity index (χ1v) is 8.54. The van der Waals surface area contributed by atoms with Crippen molar-refractivity contribution in [2.45, 2.75) is 6.18 Å². The van der Waals surface area contributed by atoms with Crippen molar-refractivity contribution in [1.82, 2.24) is 0 Å². The minimum Gasteiger partial charge on any atom is -0.455 e. The van der Waals surface area contributed by atoms with Gasteiger partial charge >= 0.3 is 6.18 Å². The first-order chi connectivity index (χ1) is 13.2. The van der Waals surface area contributed by atoms with Gasteiger partial charge in [0, 0.05) is 16.1 Å². The summed E-state index contributed by atoms with van der Waals surface area (Å²) >= 11 is 3.34. The van der Waals surface area contributed by atoms with Crippen LogP contribution in [0, 0.1) is 10.1 Å². The molecule has 1 N–H and O–H groups in total. The SMILES string of the molecule is O=[N+]([O-])c1cc(C(F)(F)F)ccc1N/N=C/c1ccc(-c2ccc(Br)cc2)o1. The molecule has 0 fully saturated rings. The van der Waals surface area contributed by atoms with Crippen LogP contribution in [-0.4, -0.2) is 11.1 Å². The van der Waals surface area contributed by atoms with E-state index in [1.807, 2.05) is 24.3 Å². The Hall–Kier alpha value is -3.14. The van der Waals surface area contributed by atoms with E-state index >= 15 is 0 Å². The minimum atomic E-state index is -4.68. The number of hydrogen-bond acceptors (Lipinski definition) is 5. The Morgan fingerprint density at radius 3 is 2.46 bits per heavy atom. The molecular weight excluding hydrogens is 443 g/mol. The second-order valence-corrected chi connectivity index (χ2v) is 6.48. The van der Waals surface area contributed by atoms with Crippen molar-refractivity contribution in [3.63, 3.8) is 0 Å². The first-order valence-electron chi connectivity index (χ1n) is 7.74. The molecule has 0 atom stereocenters. The van der Waals surface area contributed by atoms with Gasteiger partial charge in [0.25, 0.3) is 5.69 Å². The largest absolute Gasteiger partial charge is 0.455 e. The Morgan fingerprint density at radius 2 is 1.82 bits per heavy atom. The number of nitro groups is 1. The number of rotatable bonds is 5. The summed E-state index contributed by atoms with van der Waals surface area (Å²) in [5.74, 6) is 0.953. The van der Waals surface area contributed by atoms with Crippen molar-refractivity contribution in [2.24, 2.45) is 5.10 Å². The maximum atomic E-state index is 12.7. The fourth-order valence-corrected chi connectivity index (χ4v) is 2.57. The number of hydrazone groups is 1. The van der Waals surface area contributed by atoms with Crippen LogP contribution in [-0.2, 0) is 6.18 Å². The molecule has 1 aromatic heterocycles. The van der Waals surface area contributed by atoms with Gasteiger partial charge in [-0.1, -0.05) is 28.1 Å². The van der Waals surface area contributed by atoms with Crippen LogP contribution in [0.1, 0.15) is 11.3 Å². The Labute approximate surface area is 165 Å². The molecule has 3 aromatic rings. The van der Waals surface area contributed by atoms with Gasteiger partial charge in [-0.05, 0) is 36.4 Å². The lowest BCUT2D eigenvalue weighted by Gasteiger charge is -2.08. The predicted octanol–water partition coefficient (Wildman–Crippen LogP) is 6.08. The van der Waals surface area contributed by atoms with E-state index in [0.29, 0.717) is 17.6 Å². The Morgan fingerprint density at radius 1 is 1.11 bits per heavy atom. The third-order valence-electron chi connectivity index (χ3n) is 3.65. The number of nitrogens with one attached hydrogen (secondary N) is 1. The first kappa shape index (κ1) is 19.6. The number of alkyl halides is 3. The molecule has 0 unspecified atom stereocenters. The van der Waals surface area contributed by atoms with Crippen LogP contribution in [0.5, 0.6) is 0 Å². The zero-order valence-electron chi connectivity index (χ0n) is 13.9. The molecule has 0 aliphatic heterocycles. The van der Waals surface area contributed by atoms with E-state index in [2.05, 4.69) is 26.5 Å². The zero-order valence-corrected chi connectivity index (χ0v) is 15.5. The summed E-state index contributed by atoms with van der Waals surface area (Å²) in [6, 6.07) is 12.9. The Bertz CT molecular complexity index is 1030. The van der Waals surface area contributed by atoms with E-state index in [4.69, 9.17) is 4.42 Å². The lowest BCUT2D eigenvalue weighted by atomic mass is 10.1. The molecule has 0 saturated heterocycles. The number of furan rings is 1. The third-order valence-corrected chi connectivity index (χ3v) is 4.18. The summed E-state index contributed by atoms with van der Waals surface area (Å²) in [5.41, 5.74) is 1.20. The van der Waals surface area contributed by atoms with E-state index < -0.39 is 22.4 Å². The maximum absolute atomic E-state index is 12.7. The quantitative estimate of drug-likeness (QED) is 0.288. The normalized spacial score (nSPS) is 11.7. The van der Waals surface area contributed by atoms with E-state index in [0.717, 1.165) is 22.2 Å². The van der Waals surface area contributed by atoms with E-state index in [1.54, 1.807) is 12.1 Å². The predicted molar refractivity (Wildman–Crippen MR) is 101 cm³/mol. The Kier molecular flexibility index (Phi) is 5.50. The summed E-state index contributed by atoms with van der Waals surface area (Å²) in [4.78, 5) is 10.1. The summed E-state index contributed by atoms with van der Waals surface area (Å²) < 4.78 is 44.7. The molecule has 10 heteroatoms. The van der Waals surface area contributed by atoms with Crippen molar-refractivity contribution in [1.29, 1.82) is 0 Å². The van der Waals surface area contributed by atoms with Crippen molar-refractivity contribution in [3.8, 4) is 11.3 Å². The number of benzene rings is 2. The highest BCUT2D eigenvalue weighted by Gasteiger charge is 2.33. The van der Waals surface area contributed by atoms with Gasteiger partial charge < -0.3 is 4.42 Å². The molecule has 144 valence electrons. The van der Waals surface area contributed by atoms with Crippen molar-refractivity contribution in [3.05, 3.63) is 80.5 Å². The second kappa shape index (κ2) is 7.85. The van der Waals surface area contributed by atoms with Gasteiger partial charge in [0.15, 0.2) is 0 Å². The molecule has 2 aromatic carbocycles. The van der Waals surface area contributed by atoms with Crippen LogP contribution in [0.2, 0.25) is 0 Å². The molecule has 0 amide bonds. The molecule has 0 spiro atoms. The van der Waals surface area contributed by atoms with Crippen LogP contribution in [0.15, 0.2) is 68.6 Å². The summed E-state index contributed by atoms with van der Waals surface area (Å²) in [6.45, 7) is 0. The lowest BCUT2D eigenvalue weighted by Crippen LogP contribution is -2.06. The number of nitrogens with zero attached hydrogens (tertiary/aromatic N) is 2. The van der Waals surface area contributed by atoms with E-state index in [9.17, 15) is 23.3 Å². The smallest absolute Gasteiger partial charge is 0.416 e. The van der Waals surface area contributed by atoms with Crippen LogP contribution in [0.25, 0.3) is 11.3 Å². The number of nitro benzene ring substituents is 1. The fourth-order valence-electron chi connectivity index (χ4n) is 2.31. The van der Waals surface area contributed by atoms with Gasteiger partial charge in [-0.3, -0.25) is 15.5 Å². The Balaban J connectivity index is 1.76. The monoisotopic (exact) mass is 453 g/mol.